The van der Waals surface area contributed by atoms with Gasteiger partial charge in [0.2, 0.25) is 0 Å². The summed E-state index contributed by atoms with van der Waals surface area (Å²) in [5.41, 5.74) is 0.964. The molecule has 0 atom stereocenters. The molecule has 2 radical (unpaired) electrons. The zero-order valence-corrected chi connectivity index (χ0v) is 10.2. The van der Waals surface area contributed by atoms with E-state index in [0.29, 0.717) is 11.1 Å². The van der Waals surface area contributed by atoms with Gasteiger partial charge in [0.15, 0.2) is 0 Å². The number of hydrogen-bond donors (Lipinski definition) is 0. The molecule has 2 aromatic carbocycles. The molecule has 78 valence electrons. The molecule has 3 heteroatoms. The van der Waals surface area contributed by atoms with E-state index >= 15 is 0 Å². The summed E-state index contributed by atoms with van der Waals surface area (Å²) in [6.07, 6.45) is 0. The fourth-order valence-electron chi connectivity index (χ4n) is 1.45. The summed E-state index contributed by atoms with van der Waals surface area (Å²) in [7, 11) is 0. The molecule has 0 aliphatic rings. The Balaban J connectivity index is 2.44. The third kappa shape index (κ3) is 2.23. The Labute approximate surface area is 102 Å². The zero-order valence-electron chi connectivity index (χ0n) is 8.35. The fraction of sp³-hybridized carbons (Fsp3) is 0. The number of carbonyl (C=O) groups is 1. The summed E-state index contributed by atoms with van der Waals surface area (Å²) >= 11 is 2.34. The Kier molecular flexibility index (Phi) is 3.21. The van der Waals surface area contributed by atoms with Gasteiger partial charge in [-0.25, -0.2) is 0 Å². The van der Waals surface area contributed by atoms with Crippen molar-refractivity contribution in [2.75, 3.05) is 0 Å². The topological polar surface area (TPSA) is 17.1 Å². The minimum atomic E-state index is -0.395. The number of rotatable bonds is 2. The van der Waals surface area contributed by atoms with Crippen molar-refractivity contribution in [3.63, 3.8) is 0 Å². The average molecular weight is 274 g/mol. The van der Waals surface area contributed by atoms with Crippen molar-refractivity contribution in [3.05, 3.63) is 65.5 Å². The Morgan fingerprint density at radius 2 is 1.81 bits per heavy atom. The second-order valence-electron chi connectivity index (χ2n) is 3.36. The molecular formula is C13H8AsFO. The molecule has 0 aliphatic heterocycles. The summed E-state index contributed by atoms with van der Waals surface area (Å²) in [5.74, 6) is -0.551. The van der Waals surface area contributed by atoms with Gasteiger partial charge < -0.3 is 0 Å². The van der Waals surface area contributed by atoms with Crippen LogP contribution >= 0.6 is 0 Å². The maximum atomic E-state index is 13.0. The first kappa shape index (κ1) is 11.1. The first-order valence-electron chi connectivity index (χ1n) is 4.77. The van der Waals surface area contributed by atoms with Crippen LogP contribution in [0.25, 0.3) is 0 Å². The Bertz CT molecular complexity index is 537. The molecule has 0 aromatic heterocycles. The zero-order chi connectivity index (χ0) is 11.5. The van der Waals surface area contributed by atoms with Gasteiger partial charge in [0, 0.05) is 0 Å². The number of carbonyl (C=O) groups excluding carboxylic acids is 1. The predicted molar refractivity (Wildman–Crippen MR) is 61.7 cm³/mol. The molecule has 0 saturated carbocycles. The molecule has 2 aromatic rings. The van der Waals surface area contributed by atoms with Crippen LogP contribution in [0.2, 0.25) is 0 Å². The van der Waals surface area contributed by atoms with Gasteiger partial charge in [0.1, 0.15) is 0 Å². The van der Waals surface area contributed by atoms with E-state index in [1.54, 1.807) is 18.2 Å². The molecule has 0 N–H and O–H groups in total. The van der Waals surface area contributed by atoms with Gasteiger partial charge in [-0.05, 0) is 0 Å². The Morgan fingerprint density at radius 1 is 1.06 bits per heavy atom. The normalized spacial score (nSPS) is 10.1. The van der Waals surface area contributed by atoms with Crippen molar-refractivity contribution in [2.45, 2.75) is 0 Å². The van der Waals surface area contributed by atoms with E-state index in [1.165, 1.54) is 18.2 Å². The van der Waals surface area contributed by atoms with Crippen LogP contribution in [-0.4, -0.2) is 22.6 Å². The molecule has 0 heterocycles. The van der Waals surface area contributed by atoms with Gasteiger partial charge in [-0.1, -0.05) is 0 Å². The van der Waals surface area contributed by atoms with Crippen LogP contribution in [-0.2, 0) is 0 Å². The van der Waals surface area contributed by atoms with Crippen molar-refractivity contribution >= 4 is 27.0 Å². The van der Waals surface area contributed by atoms with Crippen LogP contribution < -0.4 is 4.35 Å². The standard InChI is InChI=1S/C13H8AsFO/c14-12-7-2-1-6-11(12)13(16)9-4-3-5-10(15)8-9/h1-8H. The van der Waals surface area contributed by atoms with Crippen molar-refractivity contribution in [3.8, 4) is 0 Å². The summed E-state index contributed by atoms with van der Waals surface area (Å²) < 4.78 is 13.8. The van der Waals surface area contributed by atoms with Crippen LogP contribution in [0.3, 0.4) is 0 Å². The van der Waals surface area contributed by atoms with Gasteiger partial charge in [0.05, 0.1) is 0 Å². The summed E-state index contributed by atoms with van der Waals surface area (Å²) in [6, 6.07) is 13.0. The van der Waals surface area contributed by atoms with Gasteiger partial charge in [0.25, 0.3) is 0 Å². The molecule has 0 aliphatic carbocycles. The van der Waals surface area contributed by atoms with E-state index in [9.17, 15) is 9.18 Å². The average Bonchev–Trinajstić information content (AvgIpc) is 2.29. The molecule has 0 bridgehead atoms. The monoisotopic (exact) mass is 274 g/mol. The van der Waals surface area contributed by atoms with Crippen molar-refractivity contribution in [1.82, 2.24) is 0 Å². The summed E-state index contributed by atoms with van der Waals surface area (Å²) in [5, 5.41) is 0. The van der Waals surface area contributed by atoms with Crippen molar-refractivity contribution in [2.24, 2.45) is 0 Å². The van der Waals surface area contributed by atoms with E-state index in [-0.39, 0.29) is 5.78 Å². The van der Waals surface area contributed by atoms with E-state index < -0.39 is 5.82 Å². The number of halogens is 1. The Hall–Kier alpha value is -1.40. The number of hydrogen-bond acceptors (Lipinski definition) is 1. The van der Waals surface area contributed by atoms with Gasteiger partial charge >= 0.3 is 102 Å². The van der Waals surface area contributed by atoms with Crippen LogP contribution in [0.15, 0.2) is 48.5 Å². The van der Waals surface area contributed by atoms with Gasteiger partial charge in [-0.3, -0.25) is 0 Å². The van der Waals surface area contributed by atoms with Crippen molar-refractivity contribution in [1.29, 1.82) is 0 Å². The molecule has 0 fully saturated rings. The number of ketones is 1. The minimum absolute atomic E-state index is 0.157. The van der Waals surface area contributed by atoms with Gasteiger partial charge in [-0.2, -0.15) is 0 Å². The first-order chi connectivity index (χ1) is 7.68. The summed E-state index contributed by atoms with van der Waals surface area (Å²) in [6.45, 7) is 0. The molecule has 0 amide bonds. The van der Waals surface area contributed by atoms with E-state index in [4.69, 9.17) is 0 Å². The fourth-order valence-corrected chi connectivity index (χ4v) is 2.00. The second-order valence-corrected chi connectivity index (χ2v) is 4.37. The second kappa shape index (κ2) is 4.63. The molecule has 16 heavy (non-hydrogen) atoms. The summed E-state index contributed by atoms with van der Waals surface area (Å²) in [4.78, 5) is 12.0. The molecule has 0 spiro atoms. The SMILES string of the molecule is O=C(c1cccc(F)c1)c1ccccc1[As]. The van der Waals surface area contributed by atoms with Gasteiger partial charge in [-0.15, -0.1) is 0 Å². The van der Waals surface area contributed by atoms with Crippen LogP contribution in [0.4, 0.5) is 4.39 Å². The van der Waals surface area contributed by atoms with Crippen LogP contribution in [0, 0.1) is 5.82 Å². The Morgan fingerprint density at radius 3 is 2.50 bits per heavy atom. The van der Waals surface area contributed by atoms with E-state index in [0.717, 1.165) is 4.35 Å². The first-order valence-corrected chi connectivity index (χ1v) is 5.70. The third-order valence-electron chi connectivity index (χ3n) is 2.24. The van der Waals surface area contributed by atoms with Crippen molar-refractivity contribution < 1.29 is 9.18 Å². The number of benzene rings is 2. The van der Waals surface area contributed by atoms with Crippen LogP contribution in [0.1, 0.15) is 15.9 Å². The molecule has 1 nitrogen and oxygen atoms in total. The predicted octanol–water partition coefficient (Wildman–Crippen LogP) is 1.85. The molecule has 0 saturated heterocycles. The van der Waals surface area contributed by atoms with E-state index in [2.05, 4.69) is 16.9 Å². The molecule has 0 unspecified atom stereocenters. The third-order valence-corrected chi connectivity index (χ3v) is 3.05. The van der Waals surface area contributed by atoms with Crippen LogP contribution in [0.5, 0.6) is 0 Å². The van der Waals surface area contributed by atoms with E-state index in [1.807, 2.05) is 12.1 Å². The quantitative estimate of drug-likeness (QED) is 0.603. The molecule has 2 rings (SSSR count). The molecular weight excluding hydrogens is 266 g/mol. The maximum absolute atomic E-state index is 13.0.